The molecule has 1 aliphatic carbocycles. The molecule has 162 valence electrons. The zero-order valence-electron chi connectivity index (χ0n) is 18.1. The zero-order valence-corrected chi connectivity index (χ0v) is 18.1. The van der Waals surface area contributed by atoms with Gasteiger partial charge in [0.05, 0.1) is 12.1 Å². The summed E-state index contributed by atoms with van der Waals surface area (Å²) in [7, 11) is 0. The fourth-order valence-corrected chi connectivity index (χ4v) is 4.71. The molecule has 0 spiro atoms. The van der Waals surface area contributed by atoms with E-state index in [1.165, 1.54) is 32.1 Å². The zero-order chi connectivity index (χ0) is 21.8. The molecule has 0 bridgehead atoms. The number of carboxylic acid groups (broad SMARTS) is 1. The lowest BCUT2D eigenvalue weighted by molar-refractivity contribution is 0.0697. The predicted octanol–water partition coefficient (Wildman–Crippen LogP) is 5.21. The van der Waals surface area contributed by atoms with E-state index in [-0.39, 0.29) is 5.69 Å². The van der Waals surface area contributed by atoms with E-state index in [0.717, 1.165) is 29.8 Å². The van der Waals surface area contributed by atoms with Crippen LogP contribution in [0.3, 0.4) is 0 Å². The van der Waals surface area contributed by atoms with Crippen molar-refractivity contribution in [1.29, 1.82) is 0 Å². The Morgan fingerprint density at radius 3 is 2.42 bits per heavy atom. The van der Waals surface area contributed by atoms with Crippen LogP contribution in [0.2, 0.25) is 0 Å². The SMILES string of the molecule is CCc1cn(CC2CCCCC2)c(=O)n1Cc1ccc(-c2ccccc2C(=O)O)cc1. The van der Waals surface area contributed by atoms with E-state index in [1.54, 1.807) is 12.1 Å². The van der Waals surface area contributed by atoms with Crippen molar-refractivity contribution in [3.8, 4) is 11.1 Å². The van der Waals surface area contributed by atoms with E-state index < -0.39 is 5.97 Å². The number of aromatic carboxylic acids is 1. The minimum Gasteiger partial charge on any atom is -0.478 e. The second kappa shape index (κ2) is 9.38. The Labute approximate surface area is 183 Å². The van der Waals surface area contributed by atoms with Gasteiger partial charge in [0.1, 0.15) is 0 Å². The third kappa shape index (κ3) is 4.66. The summed E-state index contributed by atoms with van der Waals surface area (Å²) in [6, 6.07) is 14.9. The first-order valence-corrected chi connectivity index (χ1v) is 11.3. The molecule has 0 unspecified atom stereocenters. The number of carboxylic acids is 1. The lowest BCUT2D eigenvalue weighted by Crippen LogP contribution is -2.28. The third-order valence-electron chi connectivity index (χ3n) is 6.43. The lowest BCUT2D eigenvalue weighted by atomic mass is 9.89. The number of nitrogens with zero attached hydrogens (tertiary/aromatic N) is 2. The summed E-state index contributed by atoms with van der Waals surface area (Å²) in [5.74, 6) is -0.321. The van der Waals surface area contributed by atoms with Gasteiger partial charge in [0.15, 0.2) is 0 Å². The van der Waals surface area contributed by atoms with Gasteiger partial charge >= 0.3 is 11.7 Å². The smallest absolute Gasteiger partial charge is 0.336 e. The summed E-state index contributed by atoms with van der Waals surface area (Å²) in [6.07, 6.45) is 9.16. The van der Waals surface area contributed by atoms with Crippen molar-refractivity contribution < 1.29 is 9.90 Å². The van der Waals surface area contributed by atoms with E-state index >= 15 is 0 Å². The number of imidazole rings is 1. The van der Waals surface area contributed by atoms with Crippen molar-refractivity contribution in [2.24, 2.45) is 5.92 Å². The van der Waals surface area contributed by atoms with E-state index in [9.17, 15) is 14.7 Å². The van der Waals surface area contributed by atoms with Crippen molar-refractivity contribution in [1.82, 2.24) is 9.13 Å². The number of aryl methyl sites for hydroxylation is 1. The van der Waals surface area contributed by atoms with Crippen LogP contribution in [0.25, 0.3) is 11.1 Å². The quantitative estimate of drug-likeness (QED) is 0.573. The van der Waals surface area contributed by atoms with E-state index in [2.05, 4.69) is 6.92 Å². The molecule has 4 rings (SSSR count). The Hall–Kier alpha value is -3.08. The second-order valence-corrected chi connectivity index (χ2v) is 8.55. The highest BCUT2D eigenvalue weighted by atomic mass is 16.4. The molecule has 5 heteroatoms. The predicted molar refractivity (Wildman–Crippen MR) is 123 cm³/mol. The first kappa shape index (κ1) is 21.2. The standard InChI is InChI=1S/C26H30N2O3/c1-2-22-18-27(16-19-8-4-3-5-9-19)26(31)28(22)17-20-12-14-21(15-13-20)23-10-6-7-11-24(23)25(29)30/h6-7,10-15,18-19H,2-5,8-9,16-17H2,1H3,(H,29,30). The summed E-state index contributed by atoms with van der Waals surface area (Å²) in [6.45, 7) is 3.44. The molecule has 0 radical (unpaired) electrons. The second-order valence-electron chi connectivity index (χ2n) is 8.55. The molecule has 1 saturated carbocycles. The molecule has 0 atom stereocenters. The van der Waals surface area contributed by atoms with Gasteiger partial charge in [0.25, 0.3) is 0 Å². The summed E-state index contributed by atoms with van der Waals surface area (Å²) in [4.78, 5) is 24.6. The van der Waals surface area contributed by atoms with E-state index in [4.69, 9.17) is 0 Å². The highest BCUT2D eigenvalue weighted by molar-refractivity contribution is 5.95. The normalized spacial score (nSPS) is 14.6. The Kier molecular flexibility index (Phi) is 6.40. The first-order valence-electron chi connectivity index (χ1n) is 11.3. The highest BCUT2D eigenvalue weighted by Crippen LogP contribution is 2.26. The summed E-state index contributed by atoms with van der Waals surface area (Å²) in [5.41, 5.74) is 4.01. The Morgan fingerprint density at radius 2 is 1.74 bits per heavy atom. The van der Waals surface area contributed by atoms with Crippen LogP contribution in [-0.2, 0) is 19.5 Å². The van der Waals surface area contributed by atoms with Crippen LogP contribution in [0.4, 0.5) is 0 Å². The van der Waals surface area contributed by atoms with Crippen LogP contribution < -0.4 is 5.69 Å². The van der Waals surface area contributed by atoms with Gasteiger partial charge in [0.2, 0.25) is 0 Å². The average Bonchev–Trinajstić information content (AvgIpc) is 3.09. The van der Waals surface area contributed by atoms with Crippen molar-refractivity contribution in [2.45, 2.75) is 58.5 Å². The fraction of sp³-hybridized carbons (Fsp3) is 0.385. The van der Waals surface area contributed by atoms with Gasteiger partial charge in [-0.05, 0) is 47.9 Å². The minimum atomic E-state index is -0.932. The molecule has 0 aliphatic heterocycles. The molecule has 31 heavy (non-hydrogen) atoms. The van der Waals surface area contributed by atoms with Gasteiger partial charge in [-0.1, -0.05) is 68.7 Å². The fourth-order valence-electron chi connectivity index (χ4n) is 4.71. The van der Waals surface area contributed by atoms with Crippen LogP contribution in [-0.4, -0.2) is 20.2 Å². The van der Waals surface area contributed by atoms with E-state index in [0.29, 0.717) is 23.6 Å². The Morgan fingerprint density at radius 1 is 1.03 bits per heavy atom. The first-order chi connectivity index (χ1) is 15.1. The molecule has 1 aromatic heterocycles. The van der Waals surface area contributed by atoms with Crippen LogP contribution in [0, 0.1) is 5.92 Å². The van der Waals surface area contributed by atoms with Gasteiger partial charge < -0.3 is 5.11 Å². The Bertz CT molecular complexity index is 1100. The maximum Gasteiger partial charge on any atom is 0.336 e. The van der Waals surface area contributed by atoms with Crippen LogP contribution in [0.1, 0.15) is 60.6 Å². The molecule has 1 N–H and O–H groups in total. The molecule has 5 nitrogen and oxygen atoms in total. The summed E-state index contributed by atoms with van der Waals surface area (Å²) in [5, 5.41) is 9.44. The minimum absolute atomic E-state index is 0.0720. The maximum absolute atomic E-state index is 13.1. The molecule has 2 aromatic carbocycles. The van der Waals surface area contributed by atoms with Gasteiger partial charge in [-0.15, -0.1) is 0 Å². The van der Waals surface area contributed by atoms with Crippen molar-refractivity contribution in [3.05, 3.63) is 82.0 Å². The number of hydrogen-bond donors (Lipinski definition) is 1. The highest BCUT2D eigenvalue weighted by Gasteiger charge is 2.18. The van der Waals surface area contributed by atoms with Crippen molar-refractivity contribution in [2.75, 3.05) is 0 Å². The van der Waals surface area contributed by atoms with E-state index in [1.807, 2.05) is 51.7 Å². The number of rotatable bonds is 7. The number of carbonyl (C=O) groups is 1. The van der Waals surface area contributed by atoms with Gasteiger partial charge in [0, 0.05) is 18.4 Å². The molecule has 0 saturated heterocycles. The molecule has 1 fully saturated rings. The Balaban J connectivity index is 1.55. The molecule has 3 aromatic rings. The average molecular weight is 419 g/mol. The van der Waals surface area contributed by atoms with Gasteiger partial charge in [-0.25, -0.2) is 9.59 Å². The lowest BCUT2D eigenvalue weighted by Gasteiger charge is -2.21. The molecular weight excluding hydrogens is 388 g/mol. The topological polar surface area (TPSA) is 64.2 Å². The van der Waals surface area contributed by atoms with Crippen LogP contribution in [0.5, 0.6) is 0 Å². The summed E-state index contributed by atoms with van der Waals surface area (Å²) < 4.78 is 3.79. The number of benzene rings is 2. The van der Waals surface area contributed by atoms with Crippen molar-refractivity contribution in [3.63, 3.8) is 0 Å². The third-order valence-corrected chi connectivity index (χ3v) is 6.43. The molecule has 1 heterocycles. The molecular formula is C26H30N2O3. The van der Waals surface area contributed by atoms with Gasteiger partial charge in [-0.2, -0.15) is 0 Å². The molecule has 0 amide bonds. The van der Waals surface area contributed by atoms with Crippen LogP contribution in [0.15, 0.2) is 59.5 Å². The number of hydrogen-bond acceptors (Lipinski definition) is 2. The van der Waals surface area contributed by atoms with Gasteiger partial charge in [-0.3, -0.25) is 9.13 Å². The van der Waals surface area contributed by atoms with Crippen LogP contribution >= 0.6 is 0 Å². The monoisotopic (exact) mass is 418 g/mol. The summed E-state index contributed by atoms with van der Waals surface area (Å²) >= 11 is 0. The largest absolute Gasteiger partial charge is 0.478 e. The maximum atomic E-state index is 13.1. The van der Waals surface area contributed by atoms with Crippen molar-refractivity contribution >= 4 is 5.97 Å². The molecule has 1 aliphatic rings. The number of aromatic nitrogens is 2.